The van der Waals surface area contributed by atoms with Gasteiger partial charge in [-0.1, -0.05) is 0 Å². The van der Waals surface area contributed by atoms with Crippen molar-refractivity contribution in [1.29, 1.82) is 0 Å². The first-order chi connectivity index (χ1) is 10.5. The van der Waals surface area contributed by atoms with Crippen LogP contribution in [0, 0.1) is 6.92 Å². The molecule has 0 bridgehead atoms. The predicted octanol–water partition coefficient (Wildman–Crippen LogP) is 1.34. The molecular weight excluding hydrogens is 284 g/mol. The Morgan fingerprint density at radius 1 is 0.636 bits per heavy atom. The van der Waals surface area contributed by atoms with E-state index in [0.29, 0.717) is 27.8 Å². The van der Waals surface area contributed by atoms with E-state index >= 15 is 0 Å². The van der Waals surface area contributed by atoms with Crippen LogP contribution in [0.15, 0.2) is 24.3 Å². The molecule has 0 aliphatic heterocycles. The molecule has 5 nitrogen and oxygen atoms in total. The van der Waals surface area contributed by atoms with E-state index in [0.717, 1.165) is 11.1 Å². The Hall–Kier alpha value is -1.92. The fraction of sp³-hybridized carbons (Fsp3) is 0.294. The lowest BCUT2D eigenvalue weighted by Gasteiger charge is -2.14. The number of aliphatic hydroxyl groups is 4. The summed E-state index contributed by atoms with van der Waals surface area (Å²) in [6, 6.07) is 6.84. The Bertz CT molecular complexity index is 569. The van der Waals surface area contributed by atoms with Gasteiger partial charge in [-0.05, 0) is 59.0 Å². The summed E-state index contributed by atoms with van der Waals surface area (Å²) in [5.41, 5.74) is 4.29. The highest BCUT2D eigenvalue weighted by Crippen LogP contribution is 2.32. The van der Waals surface area contributed by atoms with Crippen molar-refractivity contribution < 1.29 is 25.5 Å². The number of aromatic hydroxyl groups is 1. The van der Waals surface area contributed by atoms with Crippen molar-refractivity contribution in [3.8, 4) is 16.9 Å². The molecular formula is C17H20O5. The number of phenols is 1. The molecule has 2 aromatic rings. The minimum atomic E-state index is -0.349. The van der Waals surface area contributed by atoms with Crippen molar-refractivity contribution in [3.63, 3.8) is 0 Å². The summed E-state index contributed by atoms with van der Waals surface area (Å²) in [5.74, 6) is -0.120. The number of hydrogen-bond acceptors (Lipinski definition) is 5. The third-order valence-corrected chi connectivity index (χ3v) is 3.91. The van der Waals surface area contributed by atoms with Gasteiger partial charge in [0, 0.05) is 11.1 Å². The first-order valence-electron chi connectivity index (χ1n) is 6.96. The molecule has 0 aliphatic rings. The van der Waals surface area contributed by atoms with Crippen LogP contribution in [0.25, 0.3) is 11.1 Å². The average molecular weight is 304 g/mol. The molecule has 5 heteroatoms. The maximum absolute atomic E-state index is 9.91. The number of hydrogen-bond donors (Lipinski definition) is 5. The molecule has 0 atom stereocenters. The van der Waals surface area contributed by atoms with Gasteiger partial charge in [-0.25, -0.2) is 0 Å². The summed E-state index contributed by atoms with van der Waals surface area (Å²) in [4.78, 5) is 0. The lowest BCUT2D eigenvalue weighted by Crippen LogP contribution is -1.99. The third-order valence-electron chi connectivity index (χ3n) is 3.91. The Labute approximate surface area is 128 Å². The molecule has 0 fully saturated rings. The molecule has 0 amide bonds. The fourth-order valence-electron chi connectivity index (χ4n) is 2.50. The Balaban J connectivity index is 2.65. The van der Waals surface area contributed by atoms with Crippen molar-refractivity contribution in [2.45, 2.75) is 33.4 Å². The standard InChI is InChI=1S/C17H20O5/c1-10-13(6-18)2-11(3-14(10)7-19)12-4-15(8-20)17(22)16(5-12)9-21/h2-5,18-22H,6-9H2,1H3. The number of rotatable bonds is 5. The molecule has 0 radical (unpaired) electrons. The minimum Gasteiger partial charge on any atom is -0.507 e. The summed E-state index contributed by atoms with van der Waals surface area (Å²) in [6.45, 7) is 0.835. The minimum absolute atomic E-state index is 0.120. The van der Waals surface area contributed by atoms with Gasteiger partial charge in [-0.15, -0.1) is 0 Å². The maximum Gasteiger partial charge on any atom is 0.126 e. The molecule has 22 heavy (non-hydrogen) atoms. The second-order valence-electron chi connectivity index (χ2n) is 5.20. The van der Waals surface area contributed by atoms with Crippen molar-refractivity contribution >= 4 is 0 Å². The first kappa shape index (κ1) is 16.5. The summed E-state index contributed by atoms with van der Waals surface area (Å²) >= 11 is 0. The zero-order valence-corrected chi connectivity index (χ0v) is 12.4. The van der Waals surface area contributed by atoms with Crippen LogP contribution in [0.4, 0.5) is 0 Å². The summed E-state index contributed by atoms with van der Waals surface area (Å²) in [6.07, 6.45) is 0. The lowest BCUT2D eigenvalue weighted by molar-refractivity contribution is 0.264. The van der Waals surface area contributed by atoms with Crippen LogP contribution in [0.2, 0.25) is 0 Å². The Morgan fingerprint density at radius 3 is 1.27 bits per heavy atom. The number of aliphatic hydroxyl groups excluding tert-OH is 4. The zero-order valence-electron chi connectivity index (χ0n) is 12.4. The average Bonchev–Trinajstić information content (AvgIpc) is 2.55. The lowest BCUT2D eigenvalue weighted by atomic mass is 9.93. The van der Waals surface area contributed by atoms with Crippen molar-refractivity contribution in [2.75, 3.05) is 0 Å². The fourth-order valence-corrected chi connectivity index (χ4v) is 2.50. The van der Waals surface area contributed by atoms with E-state index in [1.165, 1.54) is 0 Å². The van der Waals surface area contributed by atoms with Crippen LogP contribution in [0.5, 0.6) is 5.75 Å². The van der Waals surface area contributed by atoms with Crippen LogP contribution in [-0.2, 0) is 26.4 Å². The van der Waals surface area contributed by atoms with E-state index in [4.69, 9.17) is 0 Å². The van der Waals surface area contributed by atoms with Gasteiger partial charge in [0.05, 0.1) is 26.4 Å². The normalized spacial score (nSPS) is 11.0. The number of benzene rings is 2. The van der Waals surface area contributed by atoms with E-state index in [1.807, 2.05) is 6.92 Å². The SMILES string of the molecule is Cc1c(CO)cc(-c2cc(CO)c(O)c(CO)c2)cc1CO. The molecule has 0 spiro atoms. The Kier molecular flexibility index (Phi) is 5.15. The van der Waals surface area contributed by atoms with Crippen LogP contribution >= 0.6 is 0 Å². The van der Waals surface area contributed by atoms with E-state index in [2.05, 4.69) is 0 Å². The van der Waals surface area contributed by atoms with E-state index in [9.17, 15) is 25.5 Å². The Morgan fingerprint density at radius 2 is 0.955 bits per heavy atom. The molecule has 0 unspecified atom stereocenters. The van der Waals surface area contributed by atoms with Crippen molar-refractivity contribution in [3.05, 3.63) is 52.1 Å². The monoisotopic (exact) mass is 304 g/mol. The van der Waals surface area contributed by atoms with Gasteiger partial charge in [0.25, 0.3) is 0 Å². The smallest absolute Gasteiger partial charge is 0.126 e. The molecule has 5 N–H and O–H groups in total. The van der Waals surface area contributed by atoms with Crippen LogP contribution in [0.3, 0.4) is 0 Å². The van der Waals surface area contributed by atoms with E-state index in [-0.39, 0.29) is 32.2 Å². The van der Waals surface area contributed by atoms with Crippen LogP contribution in [-0.4, -0.2) is 25.5 Å². The third kappa shape index (κ3) is 2.98. The van der Waals surface area contributed by atoms with Gasteiger partial charge in [0.2, 0.25) is 0 Å². The molecule has 2 aromatic carbocycles. The summed E-state index contributed by atoms with van der Waals surface area (Å²) < 4.78 is 0. The first-order valence-corrected chi connectivity index (χ1v) is 6.96. The highest BCUT2D eigenvalue weighted by atomic mass is 16.3. The van der Waals surface area contributed by atoms with E-state index < -0.39 is 0 Å². The largest absolute Gasteiger partial charge is 0.507 e. The molecule has 0 saturated heterocycles. The molecule has 0 saturated carbocycles. The van der Waals surface area contributed by atoms with Crippen LogP contribution < -0.4 is 0 Å². The highest BCUT2D eigenvalue weighted by molar-refractivity contribution is 5.69. The summed E-state index contributed by atoms with van der Waals surface area (Å²) in [5, 5.41) is 47.5. The molecule has 0 heterocycles. The topological polar surface area (TPSA) is 101 Å². The molecule has 2 rings (SSSR count). The van der Waals surface area contributed by atoms with E-state index in [1.54, 1.807) is 24.3 Å². The highest BCUT2D eigenvalue weighted by Gasteiger charge is 2.13. The molecule has 118 valence electrons. The summed E-state index contributed by atoms with van der Waals surface area (Å²) in [7, 11) is 0. The quantitative estimate of drug-likeness (QED) is 0.574. The second kappa shape index (κ2) is 6.89. The van der Waals surface area contributed by atoms with Gasteiger partial charge in [0.15, 0.2) is 0 Å². The van der Waals surface area contributed by atoms with Gasteiger partial charge < -0.3 is 25.5 Å². The molecule has 0 aliphatic carbocycles. The van der Waals surface area contributed by atoms with Crippen molar-refractivity contribution in [1.82, 2.24) is 0 Å². The van der Waals surface area contributed by atoms with Gasteiger partial charge in [-0.3, -0.25) is 0 Å². The van der Waals surface area contributed by atoms with Gasteiger partial charge in [0.1, 0.15) is 5.75 Å². The second-order valence-corrected chi connectivity index (χ2v) is 5.20. The van der Waals surface area contributed by atoms with Crippen LogP contribution in [0.1, 0.15) is 27.8 Å². The molecule has 0 aromatic heterocycles. The zero-order chi connectivity index (χ0) is 16.3. The predicted molar refractivity (Wildman–Crippen MR) is 82.0 cm³/mol. The van der Waals surface area contributed by atoms with Gasteiger partial charge >= 0.3 is 0 Å². The van der Waals surface area contributed by atoms with Gasteiger partial charge in [-0.2, -0.15) is 0 Å². The van der Waals surface area contributed by atoms with Crippen molar-refractivity contribution in [2.24, 2.45) is 0 Å². The maximum atomic E-state index is 9.91.